The van der Waals surface area contributed by atoms with E-state index in [9.17, 15) is 22.8 Å². The van der Waals surface area contributed by atoms with E-state index in [-0.39, 0.29) is 18.0 Å². The van der Waals surface area contributed by atoms with Crippen LogP contribution in [0.15, 0.2) is 109 Å². The minimum atomic E-state index is -4.45. The van der Waals surface area contributed by atoms with Crippen LogP contribution in [0.25, 0.3) is 11.1 Å². The first-order valence-electron chi connectivity index (χ1n) is 16.1. The van der Waals surface area contributed by atoms with Crippen molar-refractivity contribution in [2.75, 3.05) is 23.3 Å². The smallest absolute Gasteiger partial charge is 0.393 e. The fraction of sp³-hybridized carbons (Fsp3) is 0.231. The van der Waals surface area contributed by atoms with Crippen LogP contribution in [0.4, 0.5) is 29.3 Å². The number of nitrogens with zero attached hydrogens (tertiary/aromatic N) is 2. The molecule has 0 bridgehead atoms. The van der Waals surface area contributed by atoms with E-state index >= 15 is 0 Å². The maximum atomic E-state index is 13.2. The lowest BCUT2D eigenvalue weighted by Gasteiger charge is -2.34. The van der Waals surface area contributed by atoms with Crippen molar-refractivity contribution in [2.24, 2.45) is 7.05 Å². The topological polar surface area (TPSA) is 75.6 Å². The highest BCUT2D eigenvalue weighted by molar-refractivity contribution is 6.08. The van der Waals surface area contributed by atoms with E-state index in [0.717, 1.165) is 49.3 Å². The van der Waals surface area contributed by atoms with Crippen molar-refractivity contribution in [3.63, 3.8) is 0 Å². The molecule has 4 aromatic carbocycles. The van der Waals surface area contributed by atoms with E-state index in [4.69, 9.17) is 4.74 Å². The maximum Gasteiger partial charge on any atom is 0.416 e. The van der Waals surface area contributed by atoms with E-state index in [2.05, 4.69) is 58.9 Å². The zero-order valence-corrected chi connectivity index (χ0v) is 27.3. The fourth-order valence-corrected chi connectivity index (χ4v) is 6.12. The Bertz CT molecular complexity index is 1910. The Balaban J connectivity index is 1.00. The van der Waals surface area contributed by atoms with Gasteiger partial charge in [-0.1, -0.05) is 72.3 Å². The van der Waals surface area contributed by atoms with Gasteiger partial charge in [-0.2, -0.15) is 13.2 Å². The van der Waals surface area contributed by atoms with Gasteiger partial charge in [-0.25, -0.2) is 4.79 Å². The SMILES string of the molecule is Cc1ccc(C2CCN(c3ccc(CNC(=O)Oc4cc(NC(=O)c5ccccc5-c5ccc(C(F)(F)F)cc5)cn4C)cc3)CC2)cc1. The number of benzene rings is 4. The molecule has 1 aliphatic heterocycles. The second-order valence-electron chi connectivity index (χ2n) is 12.3. The predicted octanol–water partition coefficient (Wildman–Crippen LogP) is 8.94. The van der Waals surface area contributed by atoms with Crippen molar-refractivity contribution in [2.45, 2.75) is 38.4 Å². The molecular formula is C39H37F3N4O3. The standard InChI is InChI=1S/C39H37F3N4O3/c1-26-7-11-28(12-8-26)29-19-21-46(22-20-29)33-17-9-27(10-18-33)24-43-38(48)49-36-23-32(25-45(36)2)44-37(47)35-6-4-3-5-34(35)30-13-15-31(16-14-30)39(40,41)42/h3-18,23,25,29H,19-22,24H2,1-2H3,(H,43,48)(H,44,47). The van der Waals surface area contributed by atoms with Crippen LogP contribution >= 0.6 is 0 Å². The van der Waals surface area contributed by atoms with Gasteiger partial charge in [0, 0.05) is 50.2 Å². The summed E-state index contributed by atoms with van der Waals surface area (Å²) < 4.78 is 46.2. The van der Waals surface area contributed by atoms with Gasteiger partial charge in [-0.15, -0.1) is 0 Å². The van der Waals surface area contributed by atoms with Gasteiger partial charge in [-0.3, -0.25) is 4.79 Å². The zero-order chi connectivity index (χ0) is 34.5. The van der Waals surface area contributed by atoms with Crippen molar-refractivity contribution in [1.29, 1.82) is 0 Å². The molecular weight excluding hydrogens is 629 g/mol. The Morgan fingerprint density at radius 2 is 1.55 bits per heavy atom. The van der Waals surface area contributed by atoms with Gasteiger partial charge in [0.05, 0.1) is 11.3 Å². The van der Waals surface area contributed by atoms with Gasteiger partial charge in [0.2, 0.25) is 5.88 Å². The van der Waals surface area contributed by atoms with Gasteiger partial charge in [-0.05, 0) is 78.3 Å². The number of hydrogen-bond donors (Lipinski definition) is 2. The van der Waals surface area contributed by atoms with Crippen molar-refractivity contribution in [3.8, 4) is 17.0 Å². The Labute approximate surface area is 283 Å². The summed E-state index contributed by atoms with van der Waals surface area (Å²) in [4.78, 5) is 28.3. The molecule has 0 saturated carbocycles. The molecule has 5 aromatic rings. The van der Waals surface area contributed by atoms with Crippen LogP contribution in [0, 0.1) is 6.92 Å². The first-order valence-corrected chi connectivity index (χ1v) is 16.1. The lowest BCUT2D eigenvalue weighted by atomic mass is 9.89. The van der Waals surface area contributed by atoms with Crippen molar-refractivity contribution < 1.29 is 27.5 Å². The van der Waals surface area contributed by atoms with Gasteiger partial charge in [0.1, 0.15) is 0 Å². The molecule has 10 heteroatoms. The van der Waals surface area contributed by atoms with Crippen LogP contribution in [0.2, 0.25) is 0 Å². The number of carbonyl (C=O) groups is 2. The van der Waals surface area contributed by atoms with E-state index < -0.39 is 23.7 Å². The number of aryl methyl sites for hydroxylation is 2. The number of carbonyl (C=O) groups excluding carboxylic acids is 2. The number of rotatable bonds is 8. The van der Waals surface area contributed by atoms with Crippen LogP contribution < -0.4 is 20.3 Å². The molecule has 2 amide bonds. The molecule has 7 nitrogen and oxygen atoms in total. The van der Waals surface area contributed by atoms with Gasteiger partial charge in [0.15, 0.2) is 0 Å². The first kappa shape index (κ1) is 33.4. The number of amides is 2. The van der Waals surface area contributed by atoms with Crippen LogP contribution in [0.1, 0.15) is 51.4 Å². The molecule has 6 rings (SSSR count). The lowest BCUT2D eigenvalue weighted by molar-refractivity contribution is -0.137. The molecule has 0 radical (unpaired) electrons. The second kappa shape index (κ2) is 14.3. The minimum Gasteiger partial charge on any atom is -0.393 e. The van der Waals surface area contributed by atoms with Crippen LogP contribution in [-0.4, -0.2) is 29.7 Å². The molecule has 1 saturated heterocycles. The van der Waals surface area contributed by atoms with Crippen LogP contribution in [0.5, 0.6) is 5.88 Å². The number of halogens is 3. The predicted molar refractivity (Wildman–Crippen MR) is 185 cm³/mol. The lowest BCUT2D eigenvalue weighted by Crippen LogP contribution is -2.32. The van der Waals surface area contributed by atoms with E-state index in [1.54, 1.807) is 42.1 Å². The number of nitrogens with one attached hydrogen (secondary N) is 2. The van der Waals surface area contributed by atoms with Gasteiger partial charge < -0.3 is 24.8 Å². The Hall–Kier alpha value is -5.51. The summed E-state index contributed by atoms with van der Waals surface area (Å²) in [5, 5.41) is 5.56. The Morgan fingerprint density at radius 1 is 0.878 bits per heavy atom. The number of piperidine rings is 1. The Kier molecular flexibility index (Phi) is 9.75. The highest BCUT2D eigenvalue weighted by atomic mass is 19.4. The average Bonchev–Trinajstić information content (AvgIpc) is 3.45. The molecule has 2 heterocycles. The van der Waals surface area contributed by atoms with Gasteiger partial charge >= 0.3 is 12.3 Å². The van der Waals surface area contributed by atoms with Crippen molar-refractivity contribution in [1.82, 2.24) is 9.88 Å². The average molecular weight is 667 g/mol. The highest BCUT2D eigenvalue weighted by Crippen LogP contribution is 2.33. The third-order valence-electron chi connectivity index (χ3n) is 8.89. The normalized spacial score (nSPS) is 13.6. The molecule has 2 N–H and O–H groups in total. The van der Waals surface area contributed by atoms with Crippen molar-refractivity contribution >= 4 is 23.4 Å². The summed E-state index contributed by atoms with van der Waals surface area (Å²) in [6.45, 7) is 4.38. The largest absolute Gasteiger partial charge is 0.416 e. The molecule has 49 heavy (non-hydrogen) atoms. The molecule has 252 valence electrons. The molecule has 1 aliphatic rings. The Morgan fingerprint density at radius 3 is 2.22 bits per heavy atom. The maximum absolute atomic E-state index is 13.2. The number of ether oxygens (including phenoxy) is 1. The van der Waals surface area contributed by atoms with Gasteiger partial charge in [0.25, 0.3) is 5.91 Å². The zero-order valence-electron chi connectivity index (χ0n) is 27.3. The molecule has 0 unspecified atom stereocenters. The van der Waals surface area contributed by atoms with Crippen LogP contribution in [-0.2, 0) is 19.8 Å². The number of alkyl halides is 3. The monoisotopic (exact) mass is 666 g/mol. The molecule has 1 fully saturated rings. The second-order valence-corrected chi connectivity index (χ2v) is 12.3. The summed E-state index contributed by atoms with van der Waals surface area (Å²) in [5.41, 5.74) is 5.64. The number of aromatic nitrogens is 1. The molecule has 1 aromatic heterocycles. The third-order valence-corrected chi connectivity index (χ3v) is 8.89. The number of anilines is 2. The van der Waals surface area contributed by atoms with Crippen LogP contribution in [0.3, 0.4) is 0 Å². The summed E-state index contributed by atoms with van der Waals surface area (Å²) in [7, 11) is 1.68. The summed E-state index contributed by atoms with van der Waals surface area (Å²) in [6.07, 6.45) is -1.28. The third kappa shape index (κ3) is 8.14. The summed E-state index contributed by atoms with van der Waals surface area (Å²) in [5.74, 6) is 0.338. The van der Waals surface area contributed by atoms with E-state index in [1.807, 2.05) is 12.1 Å². The van der Waals surface area contributed by atoms with E-state index in [1.165, 1.54) is 29.3 Å². The first-order chi connectivity index (χ1) is 23.5. The molecule has 0 atom stereocenters. The molecule has 0 spiro atoms. The fourth-order valence-electron chi connectivity index (χ4n) is 6.12. The summed E-state index contributed by atoms with van der Waals surface area (Å²) >= 11 is 0. The number of hydrogen-bond acceptors (Lipinski definition) is 4. The summed E-state index contributed by atoms with van der Waals surface area (Å²) in [6, 6.07) is 29.8. The van der Waals surface area contributed by atoms with Crippen molar-refractivity contribution in [3.05, 3.63) is 137 Å². The highest BCUT2D eigenvalue weighted by Gasteiger charge is 2.30. The minimum absolute atomic E-state index is 0.216. The molecule has 0 aliphatic carbocycles. The quantitative estimate of drug-likeness (QED) is 0.173. The van der Waals surface area contributed by atoms with E-state index in [0.29, 0.717) is 22.7 Å².